The van der Waals surface area contributed by atoms with E-state index >= 15 is 0 Å². The largest absolute Gasteiger partial charge is 0.347 e. The Hall–Kier alpha value is -3.03. The summed E-state index contributed by atoms with van der Waals surface area (Å²) in [6.07, 6.45) is 2.78. The lowest BCUT2D eigenvalue weighted by molar-refractivity contribution is -0.120. The van der Waals surface area contributed by atoms with Gasteiger partial charge in [-0.05, 0) is 30.5 Å². The van der Waals surface area contributed by atoms with Gasteiger partial charge in [-0.1, -0.05) is 53.2 Å². The molecule has 0 radical (unpaired) electrons. The molecule has 1 amide bonds. The molecule has 1 saturated carbocycles. The first-order chi connectivity index (χ1) is 15.1. The number of carbonyl (C=O) groups excluding carboxylic acids is 1. The van der Waals surface area contributed by atoms with Crippen molar-refractivity contribution in [1.82, 2.24) is 20.4 Å². The van der Waals surface area contributed by atoms with E-state index < -0.39 is 0 Å². The Bertz CT molecular complexity index is 1200. The standard InChI is InChI=1S/C23H19ClN4O2S/c24-18-9-1-14(2-10-18)11-20(29)25-12-21-27-22(28-30-21)16-5-3-15(4-6-16)19-13-31-23(26-19)17-7-8-17/h1-6,9-10,13,17H,7-8,11-12H2,(H,25,29). The third kappa shape index (κ3) is 4.84. The monoisotopic (exact) mass is 450 g/mol. The average Bonchev–Trinajstić information content (AvgIpc) is 3.33. The molecule has 6 nitrogen and oxygen atoms in total. The minimum Gasteiger partial charge on any atom is -0.347 e. The number of nitrogens with one attached hydrogen (secondary N) is 1. The van der Waals surface area contributed by atoms with Crippen molar-refractivity contribution in [3.05, 3.63) is 75.4 Å². The zero-order valence-corrected chi connectivity index (χ0v) is 18.1. The minimum atomic E-state index is -0.125. The Morgan fingerprint density at radius 1 is 1.06 bits per heavy atom. The molecule has 0 bridgehead atoms. The van der Waals surface area contributed by atoms with Gasteiger partial charge in [0.15, 0.2) is 0 Å². The smallest absolute Gasteiger partial charge is 0.246 e. The number of thiazole rings is 1. The van der Waals surface area contributed by atoms with Crippen molar-refractivity contribution < 1.29 is 9.32 Å². The maximum absolute atomic E-state index is 12.1. The van der Waals surface area contributed by atoms with Crippen molar-refractivity contribution in [1.29, 1.82) is 0 Å². The van der Waals surface area contributed by atoms with Crippen molar-refractivity contribution in [3.63, 3.8) is 0 Å². The van der Waals surface area contributed by atoms with Crippen molar-refractivity contribution in [3.8, 4) is 22.6 Å². The van der Waals surface area contributed by atoms with Gasteiger partial charge < -0.3 is 9.84 Å². The zero-order chi connectivity index (χ0) is 21.2. The lowest BCUT2D eigenvalue weighted by Crippen LogP contribution is -2.24. The molecule has 31 heavy (non-hydrogen) atoms. The van der Waals surface area contributed by atoms with Gasteiger partial charge in [0.25, 0.3) is 0 Å². The van der Waals surface area contributed by atoms with E-state index in [4.69, 9.17) is 21.1 Å². The van der Waals surface area contributed by atoms with Crippen LogP contribution in [0, 0.1) is 0 Å². The van der Waals surface area contributed by atoms with Gasteiger partial charge in [-0.25, -0.2) is 4.98 Å². The van der Waals surface area contributed by atoms with E-state index in [-0.39, 0.29) is 18.9 Å². The summed E-state index contributed by atoms with van der Waals surface area (Å²) in [5, 5.41) is 10.8. The highest BCUT2D eigenvalue weighted by molar-refractivity contribution is 7.10. The van der Waals surface area contributed by atoms with Crippen LogP contribution < -0.4 is 5.32 Å². The Labute approximate surface area is 188 Å². The summed E-state index contributed by atoms with van der Waals surface area (Å²) in [6.45, 7) is 0.181. The van der Waals surface area contributed by atoms with Gasteiger partial charge >= 0.3 is 0 Å². The number of nitrogens with zero attached hydrogens (tertiary/aromatic N) is 3. The number of amides is 1. The quantitative estimate of drug-likeness (QED) is 0.416. The second-order valence-electron chi connectivity index (χ2n) is 7.51. The van der Waals surface area contributed by atoms with Crippen molar-refractivity contribution in [2.75, 3.05) is 0 Å². The van der Waals surface area contributed by atoms with Crippen LogP contribution in [0.4, 0.5) is 0 Å². The minimum absolute atomic E-state index is 0.125. The molecule has 1 aliphatic rings. The first kappa shape index (κ1) is 19.9. The summed E-state index contributed by atoms with van der Waals surface area (Å²) in [7, 11) is 0. The Morgan fingerprint density at radius 3 is 2.55 bits per heavy atom. The van der Waals surface area contributed by atoms with E-state index in [1.807, 2.05) is 36.4 Å². The van der Waals surface area contributed by atoms with Gasteiger partial charge in [-0.15, -0.1) is 11.3 Å². The molecule has 8 heteroatoms. The van der Waals surface area contributed by atoms with E-state index in [1.165, 1.54) is 17.8 Å². The number of carbonyl (C=O) groups is 1. The van der Waals surface area contributed by atoms with Crippen LogP contribution in [0.1, 0.15) is 35.2 Å². The first-order valence-electron chi connectivity index (χ1n) is 10.0. The van der Waals surface area contributed by atoms with Crippen LogP contribution >= 0.6 is 22.9 Å². The summed E-state index contributed by atoms with van der Waals surface area (Å²) < 4.78 is 5.28. The highest BCUT2D eigenvalue weighted by Gasteiger charge is 2.26. The fourth-order valence-electron chi connectivity index (χ4n) is 3.20. The maximum Gasteiger partial charge on any atom is 0.246 e. The molecule has 0 aliphatic heterocycles. The highest BCUT2D eigenvalue weighted by atomic mass is 35.5. The molecule has 0 atom stereocenters. The van der Waals surface area contributed by atoms with Gasteiger partial charge in [-0.2, -0.15) is 4.98 Å². The molecule has 0 unspecified atom stereocenters. The SMILES string of the molecule is O=C(Cc1ccc(Cl)cc1)NCc1nc(-c2ccc(-c3csc(C4CC4)n3)cc2)no1. The number of hydrogen-bond acceptors (Lipinski definition) is 6. The zero-order valence-electron chi connectivity index (χ0n) is 16.5. The molecule has 1 aliphatic carbocycles. The molecule has 2 heterocycles. The Balaban J connectivity index is 1.18. The molecule has 1 fully saturated rings. The molecular formula is C23H19ClN4O2S. The van der Waals surface area contributed by atoms with Gasteiger partial charge in [0.2, 0.25) is 17.6 Å². The maximum atomic E-state index is 12.1. The van der Waals surface area contributed by atoms with Crippen LogP contribution in [0.25, 0.3) is 22.6 Å². The normalized spacial score (nSPS) is 13.3. The van der Waals surface area contributed by atoms with Crippen molar-refractivity contribution in [2.45, 2.75) is 31.7 Å². The third-order valence-corrected chi connectivity index (χ3v) is 6.33. The van der Waals surface area contributed by atoms with Crippen molar-refractivity contribution >= 4 is 28.8 Å². The van der Waals surface area contributed by atoms with E-state index in [1.54, 1.807) is 23.5 Å². The predicted molar refractivity (Wildman–Crippen MR) is 120 cm³/mol. The first-order valence-corrected chi connectivity index (χ1v) is 11.3. The highest BCUT2D eigenvalue weighted by Crippen LogP contribution is 2.42. The molecule has 2 aromatic carbocycles. The number of halogens is 1. The van der Waals surface area contributed by atoms with Crippen LogP contribution in [-0.4, -0.2) is 21.0 Å². The van der Waals surface area contributed by atoms with Crippen LogP contribution in [0.15, 0.2) is 58.4 Å². The molecule has 4 aromatic rings. The molecule has 156 valence electrons. The topological polar surface area (TPSA) is 80.9 Å². The fourth-order valence-corrected chi connectivity index (χ4v) is 4.32. The Morgan fingerprint density at radius 2 is 1.81 bits per heavy atom. The van der Waals surface area contributed by atoms with Crippen LogP contribution in [-0.2, 0) is 17.8 Å². The molecule has 0 spiro atoms. The molecular weight excluding hydrogens is 432 g/mol. The van der Waals surface area contributed by atoms with Gasteiger partial charge in [-0.3, -0.25) is 4.79 Å². The van der Waals surface area contributed by atoms with Gasteiger partial charge in [0.05, 0.1) is 23.7 Å². The fraction of sp³-hybridized carbons (Fsp3) is 0.217. The number of hydrogen-bond donors (Lipinski definition) is 1. The number of benzene rings is 2. The number of aromatic nitrogens is 3. The summed E-state index contributed by atoms with van der Waals surface area (Å²) in [4.78, 5) is 21.3. The molecule has 2 aromatic heterocycles. The van der Waals surface area contributed by atoms with E-state index in [2.05, 4.69) is 20.8 Å². The Kier molecular flexibility index (Phi) is 5.53. The summed E-state index contributed by atoms with van der Waals surface area (Å²) >= 11 is 7.60. The van der Waals surface area contributed by atoms with E-state index in [0.717, 1.165) is 22.4 Å². The van der Waals surface area contributed by atoms with Crippen molar-refractivity contribution in [2.24, 2.45) is 0 Å². The lowest BCUT2D eigenvalue weighted by atomic mass is 10.1. The summed E-state index contributed by atoms with van der Waals surface area (Å²) in [6, 6.07) is 15.1. The second kappa shape index (κ2) is 8.61. The van der Waals surface area contributed by atoms with Gasteiger partial charge in [0, 0.05) is 27.4 Å². The number of rotatable bonds is 7. The average molecular weight is 451 g/mol. The molecule has 5 rings (SSSR count). The van der Waals surface area contributed by atoms with E-state index in [0.29, 0.717) is 22.7 Å². The molecule has 1 N–H and O–H groups in total. The second-order valence-corrected chi connectivity index (χ2v) is 8.84. The van der Waals surface area contributed by atoms with Crippen LogP contribution in [0.5, 0.6) is 0 Å². The third-order valence-electron chi connectivity index (χ3n) is 5.07. The summed E-state index contributed by atoms with van der Waals surface area (Å²) in [5.74, 6) is 1.39. The predicted octanol–water partition coefficient (Wildman–Crippen LogP) is 5.25. The molecule has 0 saturated heterocycles. The van der Waals surface area contributed by atoms with E-state index in [9.17, 15) is 4.79 Å². The summed E-state index contributed by atoms with van der Waals surface area (Å²) in [5.41, 5.74) is 3.82. The lowest BCUT2D eigenvalue weighted by Gasteiger charge is -2.02. The van der Waals surface area contributed by atoms with Gasteiger partial charge in [0.1, 0.15) is 0 Å². The van der Waals surface area contributed by atoms with Crippen LogP contribution in [0.2, 0.25) is 5.02 Å². The van der Waals surface area contributed by atoms with Crippen LogP contribution in [0.3, 0.4) is 0 Å².